The minimum absolute atomic E-state index is 0.0851. The highest BCUT2D eigenvalue weighted by atomic mass is 16.6. The molecule has 0 spiro atoms. The molecule has 0 saturated carbocycles. The average Bonchev–Trinajstić information content (AvgIpc) is 2.84. The molecule has 0 unspecified atom stereocenters. The lowest BCUT2D eigenvalue weighted by molar-refractivity contribution is -0.385. The second-order valence-electron chi connectivity index (χ2n) is 8.68. The number of aryl methyl sites for hydroxylation is 2. The largest absolute Gasteiger partial charge is 0.758 e. The molecule has 1 aliphatic heterocycles. The van der Waals surface area contributed by atoms with Crippen molar-refractivity contribution in [2.24, 2.45) is 0 Å². The van der Waals surface area contributed by atoms with Gasteiger partial charge in [-0.25, -0.2) is 0 Å². The number of benzene rings is 2. The number of rotatable bonds is 8. The number of nitrogens with zero attached hydrogens (tertiary/aromatic N) is 5. The van der Waals surface area contributed by atoms with Gasteiger partial charge in [-0.3, -0.25) is 24.9 Å². The zero-order valence-electron chi connectivity index (χ0n) is 19.6. The topological polar surface area (TPSA) is 88.8 Å². The van der Waals surface area contributed by atoms with Gasteiger partial charge in [0, 0.05) is 45.0 Å². The molecule has 1 saturated heterocycles. The summed E-state index contributed by atoms with van der Waals surface area (Å²) in [6.07, 6.45) is 0. The normalized spacial score (nSPS) is 14.9. The Morgan fingerprint density at radius 3 is 2.06 bits per heavy atom. The summed E-state index contributed by atoms with van der Waals surface area (Å²) in [5.74, 6) is 0. The molecule has 1 aromatic heterocycles. The zero-order valence-corrected chi connectivity index (χ0v) is 19.6. The van der Waals surface area contributed by atoms with Crippen molar-refractivity contribution in [1.82, 2.24) is 14.8 Å². The lowest BCUT2D eigenvalue weighted by Gasteiger charge is -2.41. The van der Waals surface area contributed by atoms with Crippen LogP contribution >= 0.6 is 0 Å². The van der Waals surface area contributed by atoms with Gasteiger partial charge in [-0.05, 0) is 31.0 Å². The number of aromatic nitrogens is 1. The third-order valence-electron chi connectivity index (χ3n) is 6.35. The minimum atomic E-state index is -0.520. The summed E-state index contributed by atoms with van der Waals surface area (Å²) >= 11 is 0. The fourth-order valence-corrected chi connectivity index (χ4v) is 4.70. The van der Waals surface area contributed by atoms with E-state index in [1.54, 1.807) is 13.8 Å². The van der Waals surface area contributed by atoms with Gasteiger partial charge in [-0.1, -0.05) is 60.7 Å². The average molecular weight is 461 g/mol. The molecule has 1 aliphatic rings. The quantitative estimate of drug-likeness (QED) is 0.365. The van der Waals surface area contributed by atoms with Crippen LogP contribution in [0.15, 0.2) is 66.7 Å². The minimum Gasteiger partial charge on any atom is -0.758 e. The van der Waals surface area contributed by atoms with Crippen molar-refractivity contribution in [3.8, 4) is 0 Å². The van der Waals surface area contributed by atoms with E-state index in [-0.39, 0.29) is 29.7 Å². The van der Waals surface area contributed by atoms with Gasteiger partial charge in [0.05, 0.1) is 11.0 Å². The van der Waals surface area contributed by atoms with Crippen LogP contribution in [0.5, 0.6) is 0 Å². The molecule has 0 atom stereocenters. The molecule has 34 heavy (non-hydrogen) atoms. The first-order chi connectivity index (χ1) is 16.4. The van der Waals surface area contributed by atoms with Crippen molar-refractivity contribution in [3.63, 3.8) is 0 Å². The number of hydroxylamine groups is 1. The lowest BCUT2D eigenvalue weighted by Crippen LogP contribution is -2.49. The molecule has 3 aromatic rings. The summed E-state index contributed by atoms with van der Waals surface area (Å²) < 4.78 is 0. The molecule has 0 bridgehead atoms. The molecule has 4 rings (SSSR count). The van der Waals surface area contributed by atoms with Gasteiger partial charge in [0.25, 0.3) is 0 Å². The fourth-order valence-electron chi connectivity index (χ4n) is 4.70. The second kappa shape index (κ2) is 10.7. The first kappa shape index (κ1) is 23.8. The van der Waals surface area contributed by atoms with Crippen molar-refractivity contribution < 1.29 is 4.92 Å². The smallest absolute Gasteiger partial charge is 0.312 e. The standard InChI is InChI=1S/C26H30N5O3/c1-20-19-24(25(31(33)34)21(2)27-20)30(32)18-15-28-13-16-29(17-14-28)26(22-9-5-3-6-10-22)23-11-7-4-8-12-23/h3-12,19,26H,13-18H2,1-2H3/q-1. The van der Waals surface area contributed by atoms with E-state index in [0.717, 1.165) is 31.2 Å². The maximum atomic E-state index is 12.8. The first-order valence-electron chi connectivity index (χ1n) is 11.6. The highest BCUT2D eigenvalue weighted by Crippen LogP contribution is 2.31. The molecular formula is C26H30N5O3-. The Morgan fingerprint density at radius 1 is 0.971 bits per heavy atom. The van der Waals surface area contributed by atoms with Crippen LogP contribution < -0.4 is 5.06 Å². The Balaban J connectivity index is 1.40. The van der Waals surface area contributed by atoms with Crippen molar-refractivity contribution in [1.29, 1.82) is 0 Å². The number of hydrogen-bond donors (Lipinski definition) is 0. The van der Waals surface area contributed by atoms with E-state index in [2.05, 4.69) is 63.3 Å². The summed E-state index contributed by atoms with van der Waals surface area (Å²) in [4.78, 5) is 19.8. The summed E-state index contributed by atoms with van der Waals surface area (Å²) in [5.41, 5.74) is 3.27. The maximum absolute atomic E-state index is 12.8. The lowest BCUT2D eigenvalue weighted by atomic mass is 9.96. The maximum Gasteiger partial charge on any atom is 0.312 e. The zero-order chi connectivity index (χ0) is 24.1. The Hall–Kier alpha value is -3.33. The van der Waals surface area contributed by atoms with Crippen LogP contribution in [0.2, 0.25) is 0 Å². The Morgan fingerprint density at radius 2 is 1.53 bits per heavy atom. The van der Waals surface area contributed by atoms with Gasteiger partial charge in [0.2, 0.25) is 0 Å². The van der Waals surface area contributed by atoms with Gasteiger partial charge in [-0.15, -0.1) is 0 Å². The molecule has 178 valence electrons. The van der Waals surface area contributed by atoms with E-state index >= 15 is 0 Å². The van der Waals surface area contributed by atoms with Gasteiger partial charge < -0.3 is 10.3 Å². The SMILES string of the molecule is Cc1cc(N([O-])CCN2CCN(C(c3ccccc3)c3ccccc3)CC2)c([N+](=O)[O-])c(C)n1. The van der Waals surface area contributed by atoms with Crippen LogP contribution in [0.25, 0.3) is 0 Å². The van der Waals surface area contributed by atoms with Gasteiger partial charge in [-0.2, -0.15) is 0 Å². The molecular weight excluding hydrogens is 430 g/mol. The molecule has 2 heterocycles. The third kappa shape index (κ3) is 5.41. The highest BCUT2D eigenvalue weighted by Gasteiger charge is 2.26. The Bertz CT molecular complexity index is 1060. The van der Waals surface area contributed by atoms with Gasteiger partial charge in [0.1, 0.15) is 11.4 Å². The highest BCUT2D eigenvalue weighted by molar-refractivity contribution is 5.66. The van der Waals surface area contributed by atoms with Crippen LogP contribution in [0.3, 0.4) is 0 Å². The van der Waals surface area contributed by atoms with Crippen LogP contribution in [-0.4, -0.2) is 59.0 Å². The summed E-state index contributed by atoms with van der Waals surface area (Å²) in [7, 11) is 0. The number of pyridine rings is 1. The fraction of sp³-hybridized carbons (Fsp3) is 0.346. The van der Waals surface area contributed by atoms with E-state index in [0.29, 0.717) is 12.2 Å². The summed E-state index contributed by atoms with van der Waals surface area (Å²) in [6, 6.07) is 22.7. The summed E-state index contributed by atoms with van der Waals surface area (Å²) in [6.45, 7) is 7.45. The van der Waals surface area contributed by atoms with Crippen molar-refractivity contribution in [2.45, 2.75) is 19.9 Å². The molecule has 0 aliphatic carbocycles. The first-order valence-corrected chi connectivity index (χ1v) is 11.6. The Kier molecular flexibility index (Phi) is 7.52. The van der Waals surface area contributed by atoms with Crippen molar-refractivity contribution in [3.05, 3.63) is 105 Å². The van der Waals surface area contributed by atoms with E-state index in [1.807, 2.05) is 12.1 Å². The predicted molar refractivity (Wildman–Crippen MR) is 134 cm³/mol. The van der Waals surface area contributed by atoms with Crippen LogP contribution in [0.1, 0.15) is 28.6 Å². The Labute approximate surface area is 200 Å². The molecule has 1 fully saturated rings. The van der Waals surface area contributed by atoms with Crippen molar-refractivity contribution >= 4 is 11.4 Å². The van der Waals surface area contributed by atoms with Gasteiger partial charge >= 0.3 is 5.69 Å². The third-order valence-corrected chi connectivity index (χ3v) is 6.35. The van der Waals surface area contributed by atoms with Crippen LogP contribution in [0.4, 0.5) is 11.4 Å². The van der Waals surface area contributed by atoms with Crippen LogP contribution in [0, 0.1) is 29.2 Å². The number of hydrogen-bond acceptors (Lipinski definition) is 7. The van der Waals surface area contributed by atoms with Crippen LogP contribution in [-0.2, 0) is 0 Å². The molecule has 0 N–H and O–H groups in total. The molecule has 0 radical (unpaired) electrons. The number of piperazine rings is 1. The van der Waals surface area contributed by atoms with E-state index in [9.17, 15) is 15.3 Å². The van der Waals surface area contributed by atoms with Gasteiger partial charge in [0.15, 0.2) is 0 Å². The van der Waals surface area contributed by atoms with E-state index in [1.165, 1.54) is 17.2 Å². The van der Waals surface area contributed by atoms with E-state index < -0.39 is 4.92 Å². The second-order valence-corrected chi connectivity index (χ2v) is 8.68. The summed E-state index contributed by atoms with van der Waals surface area (Å²) in [5, 5.41) is 25.0. The van der Waals surface area contributed by atoms with Crippen molar-refractivity contribution in [2.75, 3.05) is 44.3 Å². The number of anilines is 1. The molecule has 2 aromatic carbocycles. The number of nitro groups is 1. The monoisotopic (exact) mass is 460 g/mol. The molecule has 8 nitrogen and oxygen atoms in total. The predicted octanol–water partition coefficient (Wildman–Crippen LogP) is 4.32. The van der Waals surface area contributed by atoms with E-state index in [4.69, 9.17) is 0 Å². The molecule has 0 amide bonds. The molecule has 8 heteroatoms.